The Labute approximate surface area is 97.0 Å². The summed E-state index contributed by atoms with van der Waals surface area (Å²) in [6.07, 6.45) is 4.41. The van der Waals surface area contributed by atoms with E-state index in [-0.39, 0.29) is 0 Å². The summed E-state index contributed by atoms with van der Waals surface area (Å²) in [5.74, 6) is 0.378. The smallest absolute Gasteiger partial charge is 0.115 e. The number of rotatable bonds is 3. The molecule has 1 aliphatic carbocycles. The predicted molar refractivity (Wildman–Crippen MR) is 66.6 cm³/mol. The lowest BCUT2D eigenvalue weighted by molar-refractivity contribution is 0.474. The minimum absolute atomic E-state index is 0.378. The third-order valence-corrected chi connectivity index (χ3v) is 3.08. The van der Waals surface area contributed by atoms with Gasteiger partial charge in [-0.15, -0.1) is 0 Å². The lowest BCUT2D eigenvalue weighted by atomic mass is 10.1. The van der Waals surface area contributed by atoms with E-state index in [0.717, 1.165) is 19.4 Å². The zero-order chi connectivity index (χ0) is 11.5. The molecule has 0 amide bonds. The monoisotopic (exact) mass is 217 g/mol. The zero-order valence-electron chi connectivity index (χ0n) is 9.96. The van der Waals surface area contributed by atoms with Gasteiger partial charge in [0.05, 0.1) is 0 Å². The van der Waals surface area contributed by atoms with E-state index in [2.05, 4.69) is 25.2 Å². The molecular formula is C14H19NO. The van der Waals surface area contributed by atoms with Gasteiger partial charge in [-0.3, -0.25) is 0 Å². The lowest BCUT2D eigenvalue weighted by Gasteiger charge is -2.12. The maximum absolute atomic E-state index is 9.40. The second-order valence-electron chi connectivity index (χ2n) is 4.66. The van der Waals surface area contributed by atoms with E-state index >= 15 is 0 Å². The summed E-state index contributed by atoms with van der Waals surface area (Å²) in [5.41, 5.74) is 3.98. The Morgan fingerprint density at radius 3 is 3.06 bits per heavy atom. The fourth-order valence-corrected chi connectivity index (χ4v) is 2.22. The number of allylic oxidation sites excluding steroid dienone is 1. The van der Waals surface area contributed by atoms with Gasteiger partial charge in [-0.25, -0.2) is 0 Å². The van der Waals surface area contributed by atoms with Gasteiger partial charge < -0.3 is 10.4 Å². The van der Waals surface area contributed by atoms with Gasteiger partial charge in [-0.05, 0) is 49.9 Å². The average Bonchev–Trinajstić information content (AvgIpc) is 2.60. The van der Waals surface area contributed by atoms with E-state index < -0.39 is 0 Å². The molecule has 1 aliphatic rings. The molecule has 1 unspecified atom stereocenters. The summed E-state index contributed by atoms with van der Waals surface area (Å²) >= 11 is 0. The van der Waals surface area contributed by atoms with Crippen molar-refractivity contribution in [3.05, 3.63) is 41.0 Å². The fraction of sp³-hybridized carbons (Fsp3) is 0.429. The molecule has 0 aliphatic heterocycles. The summed E-state index contributed by atoms with van der Waals surface area (Å²) in [4.78, 5) is 0. The number of aryl methyl sites for hydroxylation is 1. The second-order valence-corrected chi connectivity index (χ2v) is 4.66. The van der Waals surface area contributed by atoms with E-state index in [4.69, 9.17) is 0 Å². The molecule has 1 aromatic rings. The van der Waals surface area contributed by atoms with Crippen molar-refractivity contribution in [3.63, 3.8) is 0 Å². The topological polar surface area (TPSA) is 32.3 Å². The van der Waals surface area contributed by atoms with Crippen molar-refractivity contribution in [2.75, 3.05) is 6.54 Å². The molecular weight excluding hydrogens is 198 g/mol. The highest BCUT2D eigenvalue weighted by molar-refractivity contribution is 5.40. The minimum Gasteiger partial charge on any atom is -0.508 e. The molecule has 2 nitrogen and oxygen atoms in total. The highest BCUT2D eigenvalue weighted by Gasteiger charge is 2.21. The van der Waals surface area contributed by atoms with E-state index in [1.54, 1.807) is 6.07 Å². The van der Waals surface area contributed by atoms with Gasteiger partial charge in [0.25, 0.3) is 0 Å². The molecule has 0 radical (unpaired) electrons. The number of hydrogen-bond donors (Lipinski definition) is 2. The molecule has 0 saturated carbocycles. The molecule has 0 saturated heterocycles. The molecule has 0 bridgehead atoms. The number of phenolic OH excluding ortho intramolecular Hbond substituents is 1. The van der Waals surface area contributed by atoms with Crippen LogP contribution in [-0.2, 0) is 6.42 Å². The second kappa shape index (κ2) is 4.71. The first-order valence-electron chi connectivity index (χ1n) is 5.85. The Morgan fingerprint density at radius 1 is 1.50 bits per heavy atom. The number of phenols is 1. The van der Waals surface area contributed by atoms with Gasteiger partial charge in [0, 0.05) is 12.6 Å². The largest absolute Gasteiger partial charge is 0.508 e. The summed E-state index contributed by atoms with van der Waals surface area (Å²) in [6.45, 7) is 5.15. The van der Waals surface area contributed by atoms with Crippen LogP contribution in [0.1, 0.15) is 37.4 Å². The third-order valence-electron chi connectivity index (χ3n) is 3.08. The molecule has 2 rings (SSSR count). The van der Waals surface area contributed by atoms with E-state index in [1.165, 1.54) is 16.7 Å². The van der Waals surface area contributed by atoms with Crippen molar-refractivity contribution in [2.45, 2.75) is 32.7 Å². The quantitative estimate of drug-likeness (QED) is 0.763. The van der Waals surface area contributed by atoms with Gasteiger partial charge in [-0.2, -0.15) is 0 Å². The van der Waals surface area contributed by atoms with Crippen LogP contribution in [0.25, 0.3) is 0 Å². The maximum Gasteiger partial charge on any atom is 0.115 e. The van der Waals surface area contributed by atoms with E-state index in [1.807, 2.05) is 12.1 Å². The number of fused-ring (bicyclic) bond motifs is 1. The number of nitrogens with one attached hydrogen (secondary N) is 1. The van der Waals surface area contributed by atoms with E-state index in [9.17, 15) is 5.11 Å². The molecule has 1 aromatic carbocycles. The van der Waals surface area contributed by atoms with Crippen LogP contribution in [0.5, 0.6) is 5.75 Å². The van der Waals surface area contributed by atoms with Crippen LogP contribution in [0.15, 0.2) is 29.8 Å². The van der Waals surface area contributed by atoms with Gasteiger partial charge in [-0.1, -0.05) is 17.7 Å². The van der Waals surface area contributed by atoms with Gasteiger partial charge in [0.2, 0.25) is 0 Å². The Balaban J connectivity index is 2.03. The lowest BCUT2D eigenvalue weighted by Crippen LogP contribution is -2.19. The Kier molecular flexibility index (Phi) is 3.30. The zero-order valence-corrected chi connectivity index (χ0v) is 9.96. The predicted octanol–water partition coefficient (Wildman–Crippen LogP) is 2.94. The maximum atomic E-state index is 9.40. The summed E-state index contributed by atoms with van der Waals surface area (Å²) < 4.78 is 0. The SMILES string of the molecule is CC(C)=CCNC1CCc2cc(O)ccc21. The van der Waals surface area contributed by atoms with Crippen molar-refractivity contribution in [3.8, 4) is 5.75 Å². The standard InChI is InChI=1S/C14H19NO/c1-10(2)7-8-15-14-6-3-11-9-12(16)4-5-13(11)14/h4-5,7,9,14-16H,3,6,8H2,1-2H3. The first kappa shape index (κ1) is 11.2. The molecule has 2 N–H and O–H groups in total. The summed E-state index contributed by atoms with van der Waals surface area (Å²) in [7, 11) is 0. The number of benzene rings is 1. The van der Waals surface area contributed by atoms with Crippen molar-refractivity contribution in [1.29, 1.82) is 0 Å². The molecule has 86 valence electrons. The molecule has 2 heteroatoms. The van der Waals surface area contributed by atoms with Crippen LogP contribution in [0, 0.1) is 0 Å². The van der Waals surface area contributed by atoms with Crippen molar-refractivity contribution >= 4 is 0 Å². The Bertz CT molecular complexity index is 405. The normalized spacial score (nSPS) is 18.2. The van der Waals surface area contributed by atoms with Crippen LogP contribution in [0.2, 0.25) is 0 Å². The van der Waals surface area contributed by atoms with Crippen LogP contribution in [-0.4, -0.2) is 11.7 Å². The van der Waals surface area contributed by atoms with Crippen LogP contribution in [0.4, 0.5) is 0 Å². The molecule has 0 aromatic heterocycles. The highest BCUT2D eigenvalue weighted by atomic mass is 16.3. The number of aromatic hydroxyl groups is 1. The van der Waals surface area contributed by atoms with Crippen molar-refractivity contribution in [1.82, 2.24) is 5.32 Å². The van der Waals surface area contributed by atoms with Crippen LogP contribution < -0.4 is 5.32 Å². The molecule has 0 heterocycles. The molecule has 16 heavy (non-hydrogen) atoms. The summed E-state index contributed by atoms with van der Waals surface area (Å²) in [5, 5.41) is 12.9. The molecule has 0 spiro atoms. The highest BCUT2D eigenvalue weighted by Crippen LogP contribution is 2.32. The van der Waals surface area contributed by atoms with E-state index in [0.29, 0.717) is 11.8 Å². The minimum atomic E-state index is 0.378. The Hall–Kier alpha value is -1.28. The van der Waals surface area contributed by atoms with Crippen LogP contribution in [0.3, 0.4) is 0 Å². The number of hydrogen-bond acceptors (Lipinski definition) is 2. The average molecular weight is 217 g/mol. The Morgan fingerprint density at radius 2 is 2.31 bits per heavy atom. The first-order valence-corrected chi connectivity index (χ1v) is 5.85. The summed E-state index contributed by atoms with van der Waals surface area (Å²) in [6, 6.07) is 6.15. The van der Waals surface area contributed by atoms with Crippen molar-refractivity contribution in [2.24, 2.45) is 0 Å². The van der Waals surface area contributed by atoms with Gasteiger partial charge in [0.15, 0.2) is 0 Å². The van der Waals surface area contributed by atoms with Crippen molar-refractivity contribution < 1.29 is 5.11 Å². The third kappa shape index (κ3) is 2.45. The van der Waals surface area contributed by atoms with Gasteiger partial charge >= 0.3 is 0 Å². The molecule has 0 fully saturated rings. The van der Waals surface area contributed by atoms with Gasteiger partial charge in [0.1, 0.15) is 5.75 Å². The first-order chi connectivity index (χ1) is 7.66. The molecule has 1 atom stereocenters. The fourth-order valence-electron chi connectivity index (χ4n) is 2.22. The van der Waals surface area contributed by atoms with Crippen LogP contribution >= 0.6 is 0 Å².